The van der Waals surface area contributed by atoms with Gasteiger partial charge in [0.05, 0.1) is 12.6 Å². The van der Waals surface area contributed by atoms with Gasteiger partial charge < -0.3 is 10.6 Å². The predicted octanol–water partition coefficient (Wildman–Crippen LogP) is 2.30. The number of hydrogen-bond acceptors (Lipinski definition) is 3. The molecule has 0 bridgehead atoms. The first-order valence-electron chi connectivity index (χ1n) is 6.42. The quantitative estimate of drug-likeness (QED) is 0.845. The fourth-order valence-corrected chi connectivity index (χ4v) is 2.84. The molecule has 1 aliphatic heterocycles. The van der Waals surface area contributed by atoms with Gasteiger partial charge in [-0.3, -0.25) is 4.99 Å². The molecular weight excluding hydrogens is 210 g/mol. The van der Waals surface area contributed by atoms with Crippen LogP contribution in [0.4, 0.5) is 5.69 Å². The lowest BCUT2D eigenvalue weighted by molar-refractivity contribution is 0.271. The summed E-state index contributed by atoms with van der Waals surface area (Å²) in [5.41, 5.74) is 8.56. The standard InChI is InChI=1S/C14H19N3/c1-10-5-2-3-8-12(10)17-13(9-16-14(17)15)11-6-4-7-11/h2-3,5,8,11,13H,4,6-7,9H2,1H3,(H2,15,16). The predicted molar refractivity (Wildman–Crippen MR) is 71.3 cm³/mol. The van der Waals surface area contributed by atoms with Crippen LogP contribution in [0.3, 0.4) is 0 Å². The lowest BCUT2D eigenvalue weighted by Crippen LogP contribution is -2.47. The second kappa shape index (κ2) is 4.06. The van der Waals surface area contributed by atoms with Gasteiger partial charge in [-0.15, -0.1) is 0 Å². The van der Waals surface area contributed by atoms with Crippen molar-refractivity contribution < 1.29 is 0 Å². The third-order valence-electron chi connectivity index (χ3n) is 4.09. The van der Waals surface area contributed by atoms with E-state index in [1.165, 1.54) is 30.5 Å². The Labute approximate surface area is 102 Å². The maximum atomic E-state index is 6.06. The highest BCUT2D eigenvalue weighted by Gasteiger charge is 2.37. The highest BCUT2D eigenvalue weighted by molar-refractivity contribution is 5.97. The third-order valence-corrected chi connectivity index (χ3v) is 4.09. The van der Waals surface area contributed by atoms with Crippen LogP contribution in [0, 0.1) is 12.8 Å². The summed E-state index contributed by atoms with van der Waals surface area (Å²) < 4.78 is 0. The maximum Gasteiger partial charge on any atom is 0.196 e. The molecular formula is C14H19N3. The molecule has 1 aromatic rings. The monoisotopic (exact) mass is 229 g/mol. The molecule has 90 valence electrons. The van der Waals surface area contributed by atoms with E-state index in [0.29, 0.717) is 12.0 Å². The number of para-hydroxylation sites is 1. The van der Waals surface area contributed by atoms with E-state index >= 15 is 0 Å². The molecule has 1 atom stereocenters. The molecule has 0 amide bonds. The topological polar surface area (TPSA) is 41.6 Å². The molecule has 0 aromatic heterocycles. The van der Waals surface area contributed by atoms with Crippen molar-refractivity contribution in [2.45, 2.75) is 32.2 Å². The van der Waals surface area contributed by atoms with E-state index in [2.05, 4.69) is 41.1 Å². The highest BCUT2D eigenvalue weighted by atomic mass is 15.3. The number of nitrogens with two attached hydrogens (primary N) is 1. The van der Waals surface area contributed by atoms with E-state index in [4.69, 9.17) is 5.73 Å². The van der Waals surface area contributed by atoms with Gasteiger partial charge in [0.25, 0.3) is 0 Å². The molecule has 1 aliphatic carbocycles. The van der Waals surface area contributed by atoms with E-state index in [0.717, 1.165) is 12.5 Å². The van der Waals surface area contributed by atoms with E-state index in [-0.39, 0.29) is 0 Å². The molecule has 3 heteroatoms. The van der Waals surface area contributed by atoms with Crippen molar-refractivity contribution in [2.75, 3.05) is 11.4 Å². The Balaban J connectivity index is 1.93. The Morgan fingerprint density at radius 2 is 2.06 bits per heavy atom. The summed E-state index contributed by atoms with van der Waals surface area (Å²) in [6, 6.07) is 8.92. The summed E-state index contributed by atoms with van der Waals surface area (Å²) in [5.74, 6) is 1.47. The average Bonchev–Trinajstić information content (AvgIpc) is 2.59. The summed E-state index contributed by atoms with van der Waals surface area (Å²) in [6.07, 6.45) is 4.02. The van der Waals surface area contributed by atoms with Crippen LogP contribution < -0.4 is 10.6 Å². The molecule has 1 saturated carbocycles. The van der Waals surface area contributed by atoms with Gasteiger partial charge in [0.15, 0.2) is 5.96 Å². The number of benzene rings is 1. The van der Waals surface area contributed by atoms with Crippen LogP contribution in [0.25, 0.3) is 0 Å². The van der Waals surface area contributed by atoms with Gasteiger partial charge in [-0.1, -0.05) is 24.6 Å². The van der Waals surface area contributed by atoms with Crippen molar-refractivity contribution in [1.82, 2.24) is 0 Å². The van der Waals surface area contributed by atoms with Gasteiger partial charge in [-0.25, -0.2) is 0 Å². The normalized spacial score (nSPS) is 24.6. The van der Waals surface area contributed by atoms with Gasteiger partial charge in [0.2, 0.25) is 0 Å². The number of aryl methyl sites for hydroxylation is 1. The van der Waals surface area contributed by atoms with Gasteiger partial charge in [-0.2, -0.15) is 0 Å². The molecule has 2 N–H and O–H groups in total. The molecule has 1 heterocycles. The molecule has 0 spiro atoms. The number of nitrogens with zero attached hydrogens (tertiary/aromatic N) is 2. The molecule has 0 saturated heterocycles. The smallest absolute Gasteiger partial charge is 0.196 e. The van der Waals surface area contributed by atoms with Gasteiger partial charge in [0.1, 0.15) is 0 Å². The Morgan fingerprint density at radius 1 is 1.29 bits per heavy atom. The minimum absolute atomic E-state index is 0.491. The van der Waals surface area contributed by atoms with Gasteiger partial charge in [-0.05, 0) is 37.3 Å². The maximum absolute atomic E-state index is 6.06. The Morgan fingerprint density at radius 3 is 2.71 bits per heavy atom. The lowest BCUT2D eigenvalue weighted by Gasteiger charge is -2.38. The number of guanidine groups is 1. The first kappa shape index (κ1) is 10.6. The molecule has 1 aromatic carbocycles. The van der Waals surface area contributed by atoms with Crippen LogP contribution in [0.15, 0.2) is 29.3 Å². The largest absolute Gasteiger partial charge is 0.370 e. The zero-order valence-corrected chi connectivity index (χ0v) is 10.3. The van der Waals surface area contributed by atoms with Crippen molar-refractivity contribution in [3.8, 4) is 0 Å². The summed E-state index contributed by atoms with van der Waals surface area (Å²) in [4.78, 5) is 6.69. The van der Waals surface area contributed by atoms with E-state index in [9.17, 15) is 0 Å². The minimum atomic E-state index is 0.491. The van der Waals surface area contributed by atoms with Gasteiger partial charge in [0, 0.05) is 5.69 Å². The van der Waals surface area contributed by atoms with Crippen LogP contribution in [0.1, 0.15) is 24.8 Å². The number of aliphatic imine (C=N–C) groups is 1. The lowest BCUT2D eigenvalue weighted by atomic mass is 9.79. The van der Waals surface area contributed by atoms with Crippen molar-refractivity contribution in [2.24, 2.45) is 16.6 Å². The Bertz CT molecular complexity index is 449. The van der Waals surface area contributed by atoms with Crippen molar-refractivity contribution in [1.29, 1.82) is 0 Å². The van der Waals surface area contributed by atoms with Crippen molar-refractivity contribution >= 4 is 11.6 Å². The van der Waals surface area contributed by atoms with Crippen LogP contribution in [0.2, 0.25) is 0 Å². The second-order valence-electron chi connectivity index (χ2n) is 5.11. The second-order valence-corrected chi connectivity index (χ2v) is 5.11. The zero-order valence-electron chi connectivity index (χ0n) is 10.3. The molecule has 0 radical (unpaired) electrons. The fourth-order valence-electron chi connectivity index (χ4n) is 2.84. The number of anilines is 1. The average molecular weight is 229 g/mol. The first-order chi connectivity index (χ1) is 8.27. The van der Waals surface area contributed by atoms with Gasteiger partial charge >= 0.3 is 0 Å². The molecule has 1 unspecified atom stereocenters. The Hall–Kier alpha value is -1.51. The van der Waals surface area contributed by atoms with Crippen molar-refractivity contribution in [3.63, 3.8) is 0 Å². The molecule has 17 heavy (non-hydrogen) atoms. The molecule has 2 aliphatic rings. The van der Waals surface area contributed by atoms with Crippen LogP contribution in [-0.2, 0) is 0 Å². The molecule has 1 fully saturated rings. The number of hydrogen-bond donors (Lipinski definition) is 1. The van der Waals surface area contributed by atoms with E-state index in [1.807, 2.05) is 0 Å². The molecule has 3 rings (SSSR count). The highest BCUT2D eigenvalue weighted by Crippen LogP contribution is 2.36. The third kappa shape index (κ3) is 1.70. The summed E-state index contributed by atoms with van der Waals surface area (Å²) in [5, 5.41) is 0. The van der Waals surface area contributed by atoms with Crippen LogP contribution in [-0.4, -0.2) is 18.5 Å². The van der Waals surface area contributed by atoms with E-state index < -0.39 is 0 Å². The minimum Gasteiger partial charge on any atom is -0.370 e. The van der Waals surface area contributed by atoms with Crippen molar-refractivity contribution in [3.05, 3.63) is 29.8 Å². The SMILES string of the molecule is Cc1ccccc1N1C(N)=NCC1C1CCC1. The fraction of sp³-hybridized carbons (Fsp3) is 0.500. The zero-order chi connectivity index (χ0) is 11.8. The summed E-state index contributed by atoms with van der Waals surface area (Å²) in [6.45, 7) is 3.00. The Kier molecular flexibility index (Phi) is 2.54. The van der Waals surface area contributed by atoms with E-state index in [1.54, 1.807) is 0 Å². The summed E-state index contributed by atoms with van der Waals surface area (Å²) >= 11 is 0. The van der Waals surface area contributed by atoms with Crippen LogP contribution >= 0.6 is 0 Å². The van der Waals surface area contributed by atoms with Crippen LogP contribution in [0.5, 0.6) is 0 Å². The number of rotatable bonds is 2. The first-order valence-corrected chi connectivity index (χ1v) is 6.42. The molecule has 3 nitrogen and oxygen atoms in total. The summed E-state index contributed by atoms with van der Waals surface area (Å²) in [7, 11) is 0.